The van der Waals surface area contributed by atoms with E-state index in [0.29, 0.717) is 12.3 Å². The Morgan fingerprint density at radius 2 is 2.28 bits per heavy atom. The van der Waals surface area contributed by atoms with Gasteiger partial charge in [0.15, 0.2) is 0 Å². The van der Waals surface area contributed by atoms with Crippen molar-refractivity contribution in [3.8, 4) is 0 Å². The van der Waals surface area contributed by atoms with E-state index < -0.39 is 5.60 Å². The lowest BCUT2D eigenvalue weighted by Crippen LogP contribution is -2.42. The number of amides is 1. The molecule has 0 aliphatic heterocycles. The van der Waals surface area contributed by atoms with Crippen LogP contribution in [-0.2, 0) is 4.79 Å². The number of rotatable bonds is 5. The molecular formula is C13H19NO2S2. The third-order valence-corrected chi connectivity index (χ3v) is 5.44. The normalized spacial score (nSPS) is 17.9. The molecule has 1 heterocycles. The monoisotopic (exact) mass is 285 g/mol. The predicted octanol–water partition coefficient (Wildman–Crippen LogP) is 2.60. The van der Waals surface area contributed by atoms with E-state index in [1.807, 2.05) is 17.5 Å². The molecule has 0 bridgehead atoms. The molecule has 0 saturated heterocycles. The summed E-state index contributed by atoms with van der Waals surface area (Å²) in [5.41, 5.74) is -0.641. The molecule has 1 saturated carbocycles. The number of carbonyl (C=O) groups is 1. The zero-order valence-corrected chi connectivity index (χ0v) is 12.2. The number of carbonyl (C=O) groups excluding carboxylic acids is 1. The van der Waals surface area contributed by atoms with Gasteiger partial charge in [0, 0.05) is 13.6 Å². The minimum atomic E-state index is -0.641. The van der Waals surface area contributed by atoms with Crippen LogP contribution in [0, 0.1) is 0 Å². The third-order valence-electron chi connectivity index (χ3n) is 3.32. The van der Waals surface area contributed by atoms with Gasteiger partial charge in [0.1, 0.15) is 0 Å². The van der Waals surface area contributed by atoms with Gasteiger partial charge >= 0.3 is 0 Å². The average molecular weight is 285 g/mol. The lowest BCUT2D eigenvalue weighted by Gasteiger charge is -2.28. The summed E-state index contributed by atoms with van der Waals surface area (Å²) < 4.78 is 1.16. The molecule has 1 aromatic heterocycles. The maximum absolute atomic E-state index is 12.0. The van der Waals surface area contributed by atoms with Gasteiger partial charge in [-0.3, -0.25) is 4.79 Å². The highest BCUT2D eigenvalue weighted by Gasteiger charge is 2.33. The Labute approximate surface area is 116 Å². The lowest BCUT2D eigenvalue weighted by molar-refractivity contribution is -0.130. The van der Waals surface area contributed by atoms with Crippen LogP contribution in [0.4, 0.5) is 0 Å². The highest BCUT2D eigenvalue weighted by molar-refractivity contribution is 8.01. The van der Waals surface area contributed by atoms with Crippen LogP contribution >= 0.6 is 23.1 Å². The van der Waals surface area contributed by atoms with Crippen LogP contribution in [0.25, 0.3) is 0 Å². The largest absolute Gasteiger partial charge is 0.388 e. The van der Waals surface area contributed by atoms with Crippen molar-refractivity contribution in [2.75, 3.05) is 19.3 Å². The number of likely N-dealkylation sites (N-methyl/N-ethyl adjacent to an activating group) is 1. The quantitative estimate of drug-likeness (QED) is 0.845. The van der Waals surface area contributed by atoms with Crippen LogP contribution in [0.3, 0.4) is 0 Å². The first-order chi connectivity index (χ1) is 8.59. The van der Waals surface area contributed by atoms with Crippen molar-refractivity contribution in [1.29, 1.82) is 0 Å². The highest BCUT2D eigenvalue weighted by Crippen LogP contribution is 2.30. The SMILES string of the molecule is CN(CC1(O)CCCC1)C(=O)CSc1cccs1. The number of aliphatic hydroxyl groups is 1. The molecule has 1 aromatic rings. The first-order valence-electron chi connectivity index (χ1n) is 6.22. The fourth-order valence-corrected chi connectivity index (χ4v) is 4.03. The zero-order valence-electron chi connectivity index (χ0n) is 10.6. The third kappa shape index (κ3) is 3.73. The van der Waals surface area contributed by atoms with E-state index in [9.17, 15) is 9.90 Å². The smallest absolute Gasteiger partial charge is 0.232 e. The molecule has 0 unspecified atom stereocenters. The fraction of sp³-hybridized carbons (Fsp3) is 0.615. The maximum atomic E-state index is 12.0. The number of hydrogen-bond donors (Lipinski definition) is 1. The molecule has 1 aliphatic carbocycles. The molecule has 1 N–H and O–H groups in total. The minimum Gasteiger partial charge on any atom is -0.388 e. The first kappa shape index (κ1) is 13.9. The summed E-state index contributed by atoms with van der Waals surface area (Å²) >= 11 is 3.22. The Hall–Kier alpha value is -0.520. The topological polar surface area (TPSA) is 40.5 Å². The second-order valence-corrected chi connectivity index (χ2v) is 7.13. The molecule has 1 fully saturated rings. The van der Waals surface area contributed by atoms with Crippen molar-refractivity contribution in [3.05, 3.63) is 17.5 Å². The number of thioether (sulfide) groups is 1. The van der Waals surface area contributed by atoms with Gasteiger partial charge in [-0.1, -0.05) is 18.9 Å². The van der Waals surface area contributed by atoms with Gasteiger partial charge in [-0.2, -0.15) is 0 Å². The Morgan fingerprint density at radius 1 is 1.56 bits per heavy atom. The summed E-state index contributed by atoms with van der Waals surface area (Å²) in [4.78, 5) is 13.6. The second-order valence-electron chi connectivity index (χ2n) is 4.90. The van der Waals surface area contributed by atoms with Gasteiger partial charge in [0.05, 0.1) is 15.6 Å². The number of hydrogen-bond acceptors (Lipinski definition) is 4. The Bertz CT molecular complexity index is 386. The lowest BCUT2D eigenvalue weighted by atomic mass is 10.0. The van der Waals surface area contributed by atoms with Gasteiger partial charge < -0.3 is 10.0 Å². The second kappa shape index (κ2) is 6.08. The predicted molar refractivity (Wildman–Crippen MR) is 76.1 cm³/mol. The van der Waals surface area contributed by atoms with Crippen LogP contribution < -0.4 is 0 Å². The van der Waals surface area contributed by atoms with Gasteiger partial charge in [-0.25, -0.2) is 0 Å². The van der Waals surface area contributed by atoms with E-state index in [-0.39, 0.29) is 5.91 Å². The van der Waals surface area contributed by atoms with Crippen LogP contribution in [0.1, 0.15) is 25.7 Å². The van der Waals surface area contributed by atoms with Gasteiger partial charge in [-0.05, 0) is 24.3 Å². The van der Waals surface area contributed by atoms with Crippen LogP contribution in [0.15, 0.2) is 21.7 Å². The van der Waals surface area contributed by atoms with Crippen molar-refractivity contribution in [2.24, 2.45) is 0 Å². The number of thiophene rings is 1. The van der Waals surface area contributed by atoms with Crippen molar-refractivity contribution in [2.45, 2.75) is 35.5 Å². The zero-order chi connectivity index (χ0) is 13.0. The molecule has 0 radical (unpaired) electrons. The summed E-state index contributed by atoms with van der Waals surface area (Å²) in [5, 5.41) is 12.3. The summed E-state index contributed by atoms with van der Waals surface area (Å²) in [7, 11) is 1.79. The van der Waals surface area contributed by atoms with Gasteiger partial charge in [-0.15, -0.1) is 23.1 Å². The summed E-state index contributed by atoms with van der Waals surface area (Å²) in [6, 6.07) is 4.01. The molecule has 1 amide bonds. The maximum Gasteiger partial charge on any atom is 0.232 e. The van der Waals surface area contributed by atoms with E-state index in [4.69, 9.17) is 0 Å². The molecule has 100 valence electrons. The van der Waals surface area contributed by atoms with E-state index in [2.05, 4.69) is 0 Å². The Morgan fingerprint density at radius 3 is 2.89 bits per heavy atom. The molecule has 2 rings (SSSR count). The molecule has 3 nitrogen and oxygen atoms in total. The molecule has 5 heteroatoms. The molecular weight excluding hydrogens is 266 g/mol. The Kier molecular flexibility index (Phi) is 4.70. The Balaban J connectivity index is 1.77. The van der Waals surface area contributed by atoms with Crippen molar-refractivity contribution >= 4 is 29.0 Å². The first-order valence-corrected chi connectivity index (χ1v) is 8.08. The van der Waals surface area contributed by atoms with Crippen LogP contribution in [0.2, 0.25) is 0 Å². The van der Waals surface area contributed by atoms with E-state index >= 15 is 0 Å². The highest BCUT2D eigenvalue weighted by atomic mass is 32.2. The van der Waals surface area contributed by atoms with E-state index in [1.54, 1.807) is 35.0 Å². The molecule has 0 atom stereocenters. The average Bonchev–Trinajstić information content (AvgIpc) is 2.97. The minimum absolute atomic E-state index is 0.0914. The summed E-state index contributed by atoms with van der Waals surface area (Å²) in [5.74, 6) is 0.543. The van der Waals surface area contributed by atoms with Crippen molar-refractivity contribution in [1.82, 2.24) is 4.90 Å². The van der Waals surface area contributed by atoms with Crippen molar-refractivity contribution < 1.29 is 9.90 Å². The summed E-state index contributed by atoms with van der Waals surface area (Å²) in [6.07, 6.45) is 3.79. The molecule has 0 spiro atoms. The number of nitrogens with zero attached hydrogens (tertiary/aromatic N) is 1. The summed E-state index contributed by atoms with van der Waals surface area (Å²) in [6.45, 7) is 0.469. The van der Waals surface area contributed by atoms with Gasteiger partial charge in [0.2, 0.25) is 5.91 Å². The molecule has 1 aliphatic rings. The van der Waals surface area contributed by atoms with Crippen LogP contribution in [-0.4, -0.2) is 40.9 Å². The van der Waals surface area contributed by atoms with Crippen molar-refractivity contribution in [3.63, 3.8) is 0 Å². The standard InChI is InChI=1S/C13H19NO2S2/c1-14(10-13(16)6-2-3-7-13)11(15)9-18-12-5-4-8-17-12/h4-5,8,16H,2-3,6-7,9-10H2,1H3. The van der Waals surface area contributed by atoms with E-state index in [0.717, 1.165) is 29.9 Å². The molecule has 18 heavy (non-hydrogen) atoms. The van der Waals surface area contributed by atoms with Crippen LogP contribution in [0.5, 0.6) is 0 Å². The van der Waals surface area contributed by atoms with E-state index in [1.165, 1.54) is 0 Å². The van der Waals surface area contributed by atoms with Gasteiger partial charge in [0.25, 0.3) is 0 Å². The molecule has 0 aromatic carbocycles. The fourth-order valence-electron chi connectivity index (χ4n) is 2.31.